The number of fused-ring (bicyclic) bond motifs is 5. The molecule has 0 amide bonds. The number of carbonyl (C=O) groups is 1. The molecule has 0 aromatic carbocycles. The van der Waals surface area contributed by atoms with E-state index in [0.29, 0.717) is 17.2 Å². The van der Waals surface area contributed by atoms with Crippen molar-refractivity contribution in [1.29, 1.82) is 0 Å². The fourth-order valence-electron chi connectivity index (χ4n) is 8.72. The molecule has 1 aromatic heterocycles. The molecule has 30 heavy (non-hydrogen) atoms. The smallest absolute Gasteiger partial charge is 0.254 e. The number of hydrogen-bond acceptors (Lipinski definition) is 4. The first-order valence-electron chi connectivity index (χ1n) is 12.5. The number of ketones is 1. The van der Waals surface area contributed by atoms with E-state index in [9.17, 15) is 4.79 Å². The van der Waals surface area contributed by atoms with Gasteiger partial charge in [-0.1, -0.05) is 33.6 Å². The van der Waals surface area contributed by atoms with Crippen molar-refractivity contribution in [2.24, 2.45) is 46.3 Å². The molecule has 4 nitrogen and oxygen atoms in total. The molecular formula is C26H39NO3. The summed E-state index contributed by atoms with van der Waals surface area (Å²) in [6.07, 6.45) is 14.7. The number of aromatic nitrogens is 1. The fourth-order valence-corrected chi connectivity index (χ4v) is 8.72. The van der Waals surface area contributed by atoms with Crippen LogP contribution in [0.1, 0.15) is 85.0 Å². The normalized spacial score (nSPS) is 45.7. The van der Waals surface area contributed by atoms with E-state index in [-0.39, 0.29) is 23.7 Å². The molecule has 4 saturated carbocycles. The molecule has 0 aliphatic heterocycles. The van der Waals surface area contributed by atoms with Crippen LogP contribution in [0.2, 0.25) is 0 Å². The van der Waals surface area contributed by atoms with Gasteiger partial charge in [-0.05, 0) is 96.9 Å². The van der Waals surface area contributed by atoms with Gasteiger partial charge in [0, 0.05) is 12.0 Å². The summed E-state index contributed by atoms with van der Waals surface area (Å²) in [5, 5.41) is 3.79. The SMILES string of the molecule is C[C@H]1CC[C@@]2(C)C(CC[C@@H]3C2CC[C@@]2(C)C3CCC[C@@H]2C(=O)COc2ccon2)C1. The second-order valence-corrected chi connectivity index (χ2v) is 11.7. The molecule has 8 atom stereocenters. The minimum absolute atomic E-state index is 0.130. The first kappa shape index (κ1) is 20.6. The maximum Gasteiger partial charge on any atom is 0.254 e. The number of rotatable bonds is 4. The van der Waals surface area contributed by atoms with Gasteiger partial charge in [0.2, 0.25) is 0 Å². The summed E-state index contributed by atoms with van der Waals surface area (Å²) < 4.78 is 10.5. The van der Waals surface area contributed by atoms with Gasteiger partial charge in [-0.25, -0.2) is 0 Å². The summed E-state index contributed by atoms with van der Waals surface area (Å²) in [6.45, 7) is 7.68. The first-order chi connectivity index (χ1) is 14.4. The van der Waals surface area contributed by atoms with E-state index in [1.807, 2.05) is 0 Å². The van der Waals surface area contributed by atoms with Crippen molar-refractivity contribution < 1.29 is 14.1 Å². The van der Waals surface area contributed by atoms with Crippen LogP contribution in [0.4, 0.5) is 0 Å². The number of nitrogens with zero attached hydrogens (tertiary/aromatic N) is 1. The van der Waals surface area contributed by atoms with E-state index >= 15 is 0 Å². The van der Waals surface area contributed by atoms with E-state index in [1.54, 1.807) is 6.07 Å². The molecule has 0 bridgehead atoms. The largest absolute Gasteiger partial charge is 0.467 e. The number of ether oxygens (including phenoxy) is 1. The van der Waals surface area contributed by atoms with Crippen LogP contribution in [-0.2, 0) is 4.79 Å². The van der Waals surface area contributed by atoms with Crippen LogP contribution >= 0.6 is 0 Å². The third-order valence-corrected chi connectivity index (χ3v) is 10.3. The van der Waals surface area contributed by atoms with Gasteiger partial charge in [-0.2, -0.15) is 0 Å². The molecule has 4 aliphatic rings. The second kappa shape index (κ2) is 7.67. The van der Waals surface area contributed by atoms with Crippen LogP contribution in [0.5, 0.6) is 5.88 Å². The number of Topliss-reactive ketones (excluding diaryl/α,β-unsaturated/α-hetero) is 1. The van der Waals surface area contributed by atoms with Crippen LogP contribution in [-0.4, -0.2) is 17.5 Å². The van der Waals surface area contributed by atoms with E-state index < -0.39 is 0 Å². The average Bonchev–Trinajstić information content (AvgIpc) is 3.25. The van der Waals surface area contributed by atoms with E-state index in [0.717, 1.165) is 30.1 Å². The van der Waals surface area contributed by atoms with E-state index in [2.05, 4.69) is 25.9 Å². The van der Waals surface area contributed by atoms with E-state index in [1.165, 1.54) is 64.1 Å². The summed E-state index contributed by atoms with van der Waals surface area (Å²) in [6, 6.07) is 1.67. The Labute approximate surface area is 181 Å². The van der Waals surface area contributed by atoms with Crippen LogP contribution < -0.4 is 4.74 Å². The summed E-state index contributed by atoms with van der Waals surface area (Å²) in [7, 11) is 0. The second-order valence-electron chi connectivity index (χ2n) is 11.7. The molecule has 0 radical (unpaired) electrons. The lowest BCUT2D eigenvalue weighted by molar-refractivity contribution is -0.158. The van der Waals surface area contributed by atoms with Crippen LogP contribution in [0.3, 0.4) is 0 Å². The van der Waals surface area contributed by atoms with Crippen molar-refractivity contribution in [1.82, 2.24) is 5.16 Å². The zero-order valence-corrected chi connectivity index (χ0v) is 19.1. The predicted octanol–water partition coefficient (Wildman–Crippen LogP) is 6.31. The summed E-state index contributed by atoms with van der Waals surface area (Å²) >= 11 is 0. The highest BCUT2D eigenvalue weighted by atomic mass is 16.5. The molecule has 4 aliphatic carbocycles. The van der Waals surface area contributed by atoms with Crippen LogP contribution in [0.25, 0.3) is 0 Å². The molecule has 1 heterocycles. The Morgan fingerprint density at radius 2 is 1.90 bits per heavy atom. The molecule has 0 N–H and O–H groups in total. The lowest BCUT2D eigenvalue weighted by atomic mass is 9.41. The minimum Gasteiger partial charge on any atom is -0.467 e. The maximum atomic E-state index is 13.3. The zero-order chi connectivity index (χ0) is 20.9. The Bertz CT molecular complexity index is 760. The molecule has 1 aromatic rings. The molecule has 3 unspecified atom stereocenters. The molecular weight excluding hydrogens is 374 g/mol. The van der Waals surface area contributed by atoms with Gasteiger partial charge in [0.25, 0.3) is 5.88 Å². The predicted molar refractivity (Wildman–Crippen MR) is 116 cm³/mol. The molecule has 166 valence electrons. The van der Waals surface area contributed by atoms with Gasteiger partial charge in [0.05, 0.1) is 0 Å². The first-order valence-corrected chi connectivity index (χ1v) is 12.5. The minimum atomic E-state index is 0.130. The van der Waals surface area contributed by atoms with Gasteiger partial charge in [-0.3, -0.25) is 4.79 Å². The molecule has 4 fully saturated rings. The Kier molecular flexibility index (Phi) is 5.26. The van der Waals surface area contributed by atoms with Crippen molar-refractivity contribution in [2.75, 3.05) is 6.61 Å². The van der Waals surface area contributed by atoms with Crippen LogP contribution in [0, 0.1) is 46.3 Å². The van der Waals surface area contributed by atoms with Gasteiger partial charge in [-0.15, -0.1) is 0 Å². The monoisotopic (exact) mass is 413 g/mol. The third kappa shape index (κ3) is 3.24. The molecule has 5 rings (SSSR count). The highest BCUT2D eigenvalue weighted by Crippen LogP contribution is 2.66. The maximum absolute atomic E-state index is 13.3. The molecule has 4 heteroatoms. The van der Waals surface area contributed by atoms with Gasteiger partial charge in [0.15, 0.2) is 5.78 Å². The summed E-state index contributed by atoms with van der Waals surface area (Å²) in [5.41, 5.74) is 0.693. The molecule has 0 saturated heterocycles. The van der Waals surface area contributed by atoms with Crippen molar-refractivity contribution in [3.63, 3.8) is 0 Å². The Hall–Kier alpha value is -1.32. The molecule has 0 spiro atoms. The lowest BCUT2D eigenvalue weighted by Crippen LogP contribution is -2.57. The van der Waals surface area contributed by atoms with Crippen LogP contribution in [0.15, 0.2) is 16.9 Å². The highest BCUT2D eigenvalue weighted by Gasteiger charge is 2.59. The van der Waals surface area contributed by atoms with Gasteiger partial charge >= 0.3 is 0 Å². The number of carbonyl (C=O) groups excluding carboxylic acids is 1. The topological polar surface area (TPSA) is 52.3 Å². The number of hydrogen-bond donors (Lipinski definition) is 0. The summed E-state index contributed by atoms with van der Waals surface area (Å²) in [4.78, 5) is 13.3. The summed E-state index contributed by atoms with van der Waals surface area (Å²) in [5.74, 6) is 5.09. The fraction of sp³-hybridized carbons (Fsp3) is 0.846. The van der Waals surface area contributed by atoms with Crippen molar-refractivity contribution in [3.05, 3.63) is 12.3 Å². The average molecular weight is 414 g/mol. The Morgan fingerprint density at radius 1 is 1.10 bits per heavy atom. The lowest BCUT2D eigenvalue weighted by Gasteiger charge is -2.63. The quantitative estimate of drug-likeness (QED) is 0.580. The Morgan fingerprint density at radius 3 is 2.70 bits per heavy atom. The van der Waals surface area contributed by atoms with E-state index in [4.69, 9.17) is 9.26 Å². The van der Waals surface area contributed by atoms with Gasteiger partial charge < -0.3 is 9.26 Å². The zero-order valence-electron chi connectivity index (χ0n) is 19.1. The third-order valence-electron chi connectivity index (χ3n) is 10.3. The standard InChI is InChI=1S/C26H39NO3/c1-17-9-12-25(2)18(15-17)7-8-19-20-5-4-6-22(26(20,3)13-10-21(19)25)23(28)16-29-24-11-14-30-27-24/h11,14,17-22H,4-10,12-13,15-16H2,1-3H3/t17-,18?,19-,20?,21?,22+,25-,26-/m0/s1. The van der Waals surface area contributed by atoms with Crippen molar-refractivity contribution in [2.45, 2.75) is 85.0 Å². The van der Waals surface area contributed by atoms with Gasteiger partial charge in [0.1, 0.15) is 12.9 Å². The van der Waals surface area contributed by atoms with Crippen molar-refractivity contribution in [3.8, 4) is 5.88 Å². The highest BCUT2D eigenvalue weighted by molar-refractivity contribution is 5.83. The Balaban J connectivity index is 1.33. The van der Waals surface area contributed by atoms with Crippen molar-refractivity contribution >= 4 is 5.78 Å².